The van der Waals surface area contributed by atoms with Gasteiger partial charge < -0.3 is 31.0 Å². The van der Waals surface area contributed by atoms with Gasteiger partial charge in [-0.25, -0.2) is 38.6 Å². The average molecular weight is 1150 g/mol. The summed E-state index contributed by atoms with van der Waals surface area (Å²) in [6.45, 7) is 0. The number of nitrogens with two attached hydrogens (primary N) is 2. The Bertz CT molecular complexity index is 3310. The molecule has 2 spiro atoms. The van der Waals surface area contributed by atoms with Gasteiger partial charge in [0.1, 0.15) is 35.3 Å². The van der Waals surface area contributed by atoms with Crippen molar-refractivity contribution in [1.29, 1.82) is 0 Å². The second kappa shape index (κ2) is 21.2. The van der Waals surface area contributed by atoms with Crippen molar-refractivity contribution in [2.45, 2.75) is 99.2 Å². The third-order valence-electron chi connectivity index (χ3n) is 14.9. The highest BCUT2D eigenvalue weighted by Gasteiger charge is 2.52. The van der Waals surface area contributed by atoms with Crippen LogP contribution in [0.1, 0.15) is 94.9 Å². The number of benzene rings is 6. The minimum atomic E-state index is -4.70. The lowest BCUT2D eigenvalue weighted by Gasteiger charge is -2.41. The molecule has 408 valence electrons. The third kappa shape index (κ3) is 11.0. The number of ether oxygens (including phenoxy) is 2. The summed E-state index contributed by atoms with van der Waals surface area (Å²) >= 11 is 3.56. The van der Waals surface area contributed by atoms with Crippen molar-refractivity contribution < 1.29 is 64.3 Å². The Labute approximate surface area is 452 Å². The first-order valence-electron chi connectivity index (χ1n) is 25.1. The number of hydroxylamine groups is 4. The van der Waals surface area contributed by atoms with Gasteiger partial charge in [0.05, 0.1) is 22.3 Å². The zero-order valence-electron chi connectivity index (χ0n) is 42.0. The van der Waals surface area contributed by atoms with Gasteiger partial charge in [0.2, 0.25) is 23.4 Å². The molecule has 4 aliphatic heterocycles. The molecule has 6 aromatic rings. The van der Waals surface area contributed by atoms with Gasteiger partial charge in [0.15, 0.2) is 0 Å². The SMILES string of the molecule is CN1OC2(CC(C3CCCc4ccccc43)Oc3ccc(-c4cc(F)cc(C(F)(F)F)c4)cc32)N=C1N.CN1OC2(CC(C3CCCc4ccccc43)Oc3ccc(Br)cc32)N=C1N.OB(O)c1cc(F)cc(C(F)(F)F)c1. The predicted molar refractivity (Wildman–Crippen MR) is 279 cm³/mol. The molecule has 4 heterocycles. The van der Waals surface area contributed by atoms with Crippen LogP contribution in [-0.2, 0) is 46.3 Å². The fourth-order valence-electron chi connectivity index (χ4n) is 11.3. The molecule has 6 aliphatic rings. The maximum absolute atomic E-state index is 14.2. The van der Waals surface area contributed by atoms with Crippen LogP contribution in [0.3, 0.4) is 0 Å². The Hall–Kier alpha value is -6.72. The summed E-state index contributed by atoms with van der Waals surface area (Å²) in [7, 11) is 1.33. The van der Waals surface area contributed by atoms with E-state index in [2.05, 4.69) is 57.3 Å². The van der Waals surface area contributed by atoms with Gasteiger partial charge in [0, 0.05) is 43.2 Å². The molecule has 78 heavy (non-hydrogen) atoms. The molecular weight excluding hydrogens is 1100 g/mol. The lowest BCUT2D eigenvalue weighted by atomic mass is 9.76. The highest BCUT2D eigenvalue weighted by Crippen LogP contribution is 2.53. The van der Waals surface area contributed by atoms with Gasteiger partial charge in [-0.1, -0.05) is 76.6 Å². The predicted octanol–water partition coefficient (Wildman–Crippen LogP) is 10.7. The van der Waals surface area contributed by atoms with Crippen LogP contribution in [0.2, 0.25) is 0 Å². The summed E-state index contributed by atoms with van der Waals surface area (Å²) in [4.78, 5) is 21.8. The minimum Gasteiger partial charge on any atom is -0.489 e. The normalized spacial score (nSPS) is 24.0. The molecule has 0 amide bonds. The number of hydrogen-bond donors (Lipinski definition) is 4. The van der Waals surface area contributed by atoms with Crippen LogP contribution in [0.25, 0.3) is 11.1 Å². The Morgan fingerprint density at radius 2 is 1.08 bits per heavy atom. The molecule has 0 radical (unpaired) electrons. The number of guanidine groups is 2. The Morgan fingerprint density at radius 3 is 1.56 bits per heavy atom. The largest absolute Gasteiger partial charge is 0.489 e. The van der Waals surface area contributed by atoms with Crippen LogP contribution in [0.4, 0.5) is 35.1 Å². The van der Waals surface area contributed by atoms with Crippen molar-refractivity contribution in [1.82, 2.24) is 10.1 Å². The molecule has 6 N–H and O–H groups in total. The number of aryl methyl sites for hydroxylation is 2. The van der Waals surface area contributed by atoms with E-state index in [4.69, 9.17) is 45.7 Å². The zero-order chi connectivity index (χ0) is 55.5. The number of rotatable bonds is 4. The van der Waals surface area contributed by atoms with Crippen molar-refractivity contribution in [3.05, 3.63) is 182 Å². The van der Waals surface area contributed by atoms with E-state index in [9.17, 15) is 35.1 Å². The van der Waals surface area contributed by atoms with Crippen LogP contribution < -0.4 is 26.4 Å². The fraction of sp³-hybridized carbons (Fsp3) is 0.321. The molecule has 0 saturated carbocycles. The first-order valence-corrected chi connectivity index (χ1v) is 25.9. The van der Waals surface area contributed by atoms with Gasteiger partial charge in [-0.05, 0) is 138 Å². The molecule has 6 aromatic carbocycles. The van der Waals surface area contributed by atoms with Crippen LogP contribution in [0.5, 0.6) is 11.5 Å². The van der Waals surface area contributed by atoms with Gasteiger partial charge >= 0.3 is 19.5 Å². The second-order valence-corrected chi connectivity index (χ2v) is 20.9. The van der Waals surface area contributed by atoms with Crippen molar-refractivity contribution in [2.75, 3.05) is 14.1 Å². The topological polar surface area (TPSA) is 161 Å². The van der Waals surface area contributed by atoms with Crippen molar-refractivity contribution in [2.24, 2.45) is 21.5 Å². The third-order valence-corrected chi connectivity index (χ3v) is 15.4. The molecule has 22 heteroatoms. The molecule has 12 rings (SSSR count). The quantitative estimate of drug-likeness (QED) is 0.0988. The molecule has 2 aliphatic carbocycles. The summed E-state index contributed by atoms with van der Waals surface area (Å²) in [5.74, 6) is 0.239. The monoisotopic (exact) mass is 1150 g/mol. The Kier molecular flexibility index (Phi) is 14.8. The highest BCUT2D eigenvalue weighted by atomic mass is 79.9. The highest BCUT2D eigenvalue weighted by molar-refractivity contribution is 9.10. The molecule has 6 unspecified atom stereocenters. The molecule has 0 saturated heterocycles. The van der Waals surface area contributed by atoms with Crippen LogP contribution in [0, 0.1) is 11.6 Å². The molecule has 0 aromatic heterocycles. The smallest absolute Gasteiger partial charge is 0.488 e. The summed E-state index contributed by atoms with van der Waals surface area (Å²) in [6.07, 6.45) is -2.21. The fourth-order valence-corrected chi connectivity index (χ4v) is 11.7. The van der Waals surface area contributed by atoms with E-state index < -0.39 is 59.1 Å². The molecular formula is C56H52BBrF8N6O6. The van der Waals surface area contributed by atoms with E-state index in [-0.39, 0.29) is 35.7 Å². The van der Waals surface area contributed by atoms with Crippen molar-refractivity contribution >= 4 is 40.4 Å². The maximum Gasteiger partial charge on any atom is 0.488 e. The van der Waals surface area contributed by atoms with Crippen molar-refractivity contribution in [3.63, 3.8) is 0 Å². The van der Waals surface area contributed by atoms with Gasteiger partial charge in [-0.2, -0.15) is 26.3 Å². The maximum atomic E-state index is 14.2. The van der Waals surface area contributed by atoms with E-state index in [1.807, 2.05) is 30.3 Å². The minimum absolute atomic E-state index is 0.0109. The molecule has 0 bridgehead atoms. The number of fused-ring (bicyclic) bond motifs is 6. The van der Waals surface area contributed by atoms with Crippen molar-refractivity contribution in [3.8, 4) is 22.6 Å². The van der Waals surface area contributed by atoms with E-state index >= 15 is 0 Å². The van der Waals surface area contributed by atoms with Crippen LogP contribution in [-0.4, -0.2) is 65.5 Å². The van der Waals surface area contributed by atoms with Crippen LogP contribution >= 0.6 is 15.9 Å². The summed E-state index contributed by atoms with van der Waals surface area (Å²) < 4.78 is 117. The van der Waals surface area contributed by atoms with E-state index in [0.29, 0.717) is 59.8 Å². The number of aliphatic imine (C=N–C) groups is 2. The van der Waals surface area contributed by atoms with E-state index in [1.54, 1.807) is 37.4 Å². The summed E-state index contributed by atoms with van der Waals surface area (Å²) in [6, 6.07) is 31.9. The lowest BCUT2D eigenvalue weighted by Crippen LogP contribution is -2.42. The Morgan fingerprint density at radius 1 is 0.603 bits per heavy atom. The summed E-state index contributed by atoms with van der Waals surface area (Å²) in [5.41, 5.74) is 14.6. The zero-order valence-corrected chi connectivity index (χ0v) is 43.5. The first-order chi connectivity index (χ1) is 37.0. The average Bonchev–Trinajstić information content (AvgIpc) is 4.08. The number of nitrogens with zero attached hydrogens (tertiary/aromatic N) is 4. The standard InChI is InChI=1S/C28H25F4N3O2.C21H22BrN3O2.C7H5BF4O2/c1-35-26(33)34-27(37-35)15-25(22-8-4-6-16-5-2-3-7-21(16)22)36-24-10-9-17(13-23(24)27)18-11-19(28(30,31)32)14-20(29)12-18;1-25-20(23)24-21(27-25)12-19(26-18-10-9-14(22)11-17(18)21)16-8-4-6-13-5-2-3-7-15(13)16;9-6-2-4(7(10,11)12)1-5(3-6)8(13)14/h2-3,5,7,9-14,22,25H,4,6,8,15H2,1H3,(H2,33,34);2-3,5,7,9-11,16,19H,4,6,8,12H2,1H3,(H2,23,24);1-3,13-14H. The molecule has 0 fully saturated rings. The number of alkyl halides is 6. The van der Waals surface area contributed by atoms with Gasteiger partial charge in [0.25, 0.3) is 0 Å². The van der Waals surface area contributed by atoms with Gasteiger partial charge in [-0.15, -0.1) is 0 Å². The summed E-state index contributed by atoms with van der Waals surface area (Å²) in [5, 5.41) is 20.1. The second-order valence-electron chi connectivity index (χ2n) is 20.0. The number of halogens is 9. The lowest BCUT2D eigenvalue weighted by molar-refractivity contribution is -0.192. The molecule has 12 nitrogen and oxygen atoms in total. The van der Waals surface area contributed by atoms with E-state index in [0.717, 1.165) is 60.0 Å². The van der Waals surface area contributed by atoms with Gasteiger partial charge in [-0.3, -0.25) is 0 Å². The Balaban J connectivity index is 0.000000146. The van der Waals surface area contributed by atoms with Crippen LogP contribution in [0.15, 0.2) is 136 Å². The first kappa shape index (κ1) is 54.6. The molecule has 6 atom stereocenters. The van der Waals surface area contributed by atoms with E-state index in [1.165, 1.54) is 33.7 Å². The number of hydrogen-bond acceptors (Lipinski definition) is 12.